The Bertz CT molecular complexity index is 488. The van der Waals surface area contributed by atoms with Crippen LogP contribution in [0.25, 0.3) is 0 Å². The zero-order chi connectivity index (χ0) is 14.0. The van der Waals surface area contributed by atoms with E-state index in [-0.39, 0.29) is 17.9 Å². The van der Waals surface area contributed by atoms with Crippen molar-refractivity contribution in [3.63, 3.8) is 0 Å². The van der Waals surface area contributed by atoms with Crippen molar-refractivity contribution in [3.05, 3.63) is 29.3 Å². The van der Waals surface area contributed by atoms with Crippen LogP contribution in [0.2, 0.25) is 0 Å². The van der Waals surface area contributed by atoms with E-state index in [1.54, 1.807) is 0 Å². The topological polar surface area (TPSA) is 82.1 Å². The molecule has 0 amide bonds. The number of benzene rings is 1. The summed E-state index contributed by atoms with van der Waals surface area (Å²) in [5.41, 5.74) is 8.52. The highest BCUT2D eigenvalue weighted by Gasteiger charge is 2.26. The molecule has 1 aliphatic rings. The van der Waals surface area contributed by atoms with Crippen molar-refractivity contribution in [3.8, 4) is 0 Å². The number of aliphatic hydroxyl groups excluding tert-OH is 1. The SMILES string of the molecule is Cc1ccc(N2CCC(O)C(C)C2)c(/C(N)=N/O)c1. The summed E-state index contributed by atoms with van der Waals surface area (Å²) in [6, 6.07) is 5.92. The van der Waals surface area contributed by atoms with Gasteiger partial charge in [0.2, 0.25) is 0 Å². The van der Waals surface area contributed by atoms with Gasteiger partial charge in [-0.05, 0) is 31.4 Å². The molecule has 2 rings (SSSR count). The van der Waals surface area contributed by atoms with Gasteiger partial charge in [0.1, 0.15) is 0 Å². The van der Waals surface area contributed by atoms with E-state index in [1.807, 2.05) is 32.0 Å². The fourth-order valence-electron chi connectivity index (χ4n) is 2.54. The van der Waals surface area contributed by atoms with Crippen LogP contribution in [0.5, 0.6) is 0 Å². The van der Waals surface area contributed by atoms with E-state index in [9.17, 15) is 5.11 Å². The van der Waals surface area contributed by atoms with E-state index < -0.39 is 0 Å². The van der Waals surface area contributed by atoms with Gasteiger partial charge in [0.25, 0.3) is 0 Å². The second-order valence-electron chi connectivity index (χ2n) is 5.29. The molecular formula is C14H21N3O2. The number of hydrogen-bond donors (Lipinski definition) is 3. The zero-order valence-electron chi connectivity index (χ0n) is 11.4. The van der Waals surface area contributed by atoms with Crippen molar-refractivity contribution >= 4 is 11.5 Å². The van der Waals surface area contributed by atoms with Gasteiger partial charge in [-0.2, -0.15) is 0 Å². The monoisotopic (exact) mass is 263 g/mol. The Morgan fingerprint density at radius 1 is 1.47 bits per heavy atom. The number of oxime groups is 1. The Morgan fingerprint density at radius 2 is 2.21 bits per heavy atom. The fraction of sp³-hybridized carbons (Fsp3) is 0.500. The normalized spacial score (nSPS) is 24.6. The Kier molecular flexibility index (Phi) is 3.95. The highest BCUT2D eigenvalue weighted by atomic mass is 16.4. The first kappa shape index (κ1) is 13.7. The molecule has 104 valence electrons. The Labute approximate surface area is 113 Å². The van der Waals surface area contributed by atoms with Crippen LogP contribution in [0, 0.1) is 12.8 Å². The van der Waals surface area contributed by atoms with Gasteiger partial charge >= 0.3 is 0 Å². The first-order chi connectivity index (χ1) is 9.02. The zero-order valence-corrected chi connectivity index (χ0v) is 11.4. The molecule has 5 heteroatoms. The molecule has 0 radical (unpaired) electrons. The van der Waals surface area contributed by atoms with Gasteiger partial charge in [0.15, 0.2) is 5.84 Å². The van der Waals surface area contributed by atoms with E-state index >= 15 is 0 Å². The molecular weight excluding hydrogens is 242 g/mol. The minimum absolute atomic E-state index is 0.123. The molecule has 0 aliphatic carbocycles. The van der Waals surface area contributed by atoms with E-state index in [4.69, 9.17) is 10.9 Å². The molecule has 4 N–H and O–H groups in total. The summed E-state index contributed by atoms with van der Waals surface area (Å²) >= 11 is 0. The molecule has 1 fully saturated rings. The molecule has 1 saturated heterocycles. The molecule has 2 atom stereocenters. The summed E-state index contributed by atoms with van der Waals surface area (Å²) in [6.07, 6.45) is 0.499. The van der Waals surface area contributed by atoms with Crippen LogP contribution in [-0.2, 0) is 0 Å². The van der Waals surface area contributed by atoms with Gasteiger partial charge < -0.3 is 20.9 Å². The van der Waals surface area contributed by atoms with Gasteiger partial charge in [0, 0.05) is 24.3 Å². The summed E-state index contributed by atoms with van der Waals surface area (Å²) < 4.78 is 0. The smallest absolute Gasteiger partial charge is 0.172 e. The van der Waals surface area contributed by atoms with Crippen molar-refractivity contribution in [1.82, 2.24) is 0 Å². The third-order valence-electron chi connectivity index (χ3n) is 3.74. The third kappa shape index (κ3) is 2.81. The maximum absolute atomic E-state index is 9.80. The molecule has 2 unspecified atom stereocenters. The summed E-state index contributed by atoms with van der Waals surface area (Å²) in [5.74, 6) is 0.340. The summed E-state index contributed by atoms with van der Waals surface area (Å²) in [7, 11) is 0. The van der Waals surface area contributed by atoms with Crippen LogP contribution in [0.15, 0.2) is 23.4 Å². The molecule has 0 bridgehead atoms. The number of aliphatic hydroxyl groups is 1. The molecule has 0 aromatic heterocycles. The van der Waals surface area contributed by atoms with E-state index in [0.29, 0.717) is 0 Å². The molecule has 1 heterocycles. The van der Waals surface area contributed by atoms with Gasteiger partial charge in [-0.25, -0.2) is 0 Å². The van der Waals surface area contributed by atoms with Crippen LogP contribution in [-0.4, -0.2) is 35.3 Å². The number of rotatable bonds is 2. The number of piperidine rings is 1. The van der Waals surface area contributed by atoms with Crippen LogP contribution < -0.4 is 10.6 Å². The van der Waals surface area contributed by atoms with Gasteiger partial charge in [0.05, 0.1) is 6.10 Å². The van der Waals surface area contributed by atoms with E-state index in [1.165, 1.54) is 0 Å². The second kappa shape index (κ2) is 5.48. The predicted octanol–water partition coefficient (Wildman–Crippen LogP) is 1.30. The third-order valence-corrected chi connectivity index (χ3v) is 3.74. The van der Waals surface area contributed by atoms with Crippen LogP contribution in [0.3, 0.4) is 0 Å². The lowest BCUT2D eigenvalue weighted by molar-refractivity contribution is 0.0971. The summed E-state index contributed by atoms with van der Waals surface area (Å²) in [6.45, 7) is 5.56. The minimum Gasteiger partial charge on any atom is -0.409 e. The number of aryl methyl sites for hydroxylation is 1. The first-order valence-electron chi connectivity index (χ1n) is 6.54. The largest absolute Gasteiger partial charge is 0.409 e. The Hall–Kier alpha value is -1.75. The van der Waals surface area contributed by atoms with Crippen molar-refractivity contribution < 1.29 is 10.3 Å². The van der Waals surface area contributed by atoms with E-state index in [0.717, 1.165) is 36.3 Å². The predicted molar refractivity (Wildman–Crippen MR) is 75.7 cm³/mol. The van der Waals surface area contributed by atoms with Crippen LogP contribution >= 0.6 is 0 Å². The maximum Gasteiger partial charge on any atom is 0.172 e. The number of nitrogens with two attached hydrogens (primary N) is 1. The van der Waals surface area contributed by atoms with Crippen LogP contribution in [0.4, 0.5) is 5.69 Å². The average Bonchev–Trinajstić information content (AvgIpc) is 2.41. The lowest BCUT2D eigenvalue weighted by Gasteiger charge is -2.36. The molecule has 19 heavy (non-hydrogen) atoms. The molecule has 0 saturated carbocycles. The highest BCUT2D eigenvalue weighted by Crippen LogP contribution is 2.27. The minimum atomic E-state index is -0.242. The Balaban J connectivity index is 2.34. The van der Waals surface area contributed by atoms with E-state index in [2.05, 4.69) is 10.1 Å². The molecule has 1 aliphatic heterocycles. The first-order valence-corrected chi connectivity index (χ1v) is 6.54. The molecule has 0 spiro atoms. The van der Waals surface area contributed by atoms with Gasteiger partial charge in [-0.1, -0.05) is 23.7 Å². The molecule has 1 aromatic rings. The number of anilines is 1. The number of amidine groups is 1. The van der Waals surface area contributed by atoms with Crippen molar-refractivity contribution in [1.29, 1.82) is 0 Å². The quantitative estimate of drug-likeness (QED) is 0.325. The van der Waals surface area contributed by atoms with Crippen molar-refractivity contribution in [2.75, 3.05) is 18.0 Å². The number of hydrogen-bond acceptors (Lipinski definition) is 4. The van der Waals surface area contributed by atoms with Gasteiger partial charge in [-0.15, -0.1) is 0 Å². The standard InChI is InChI=1S/C14H21N3O2/c1-9-3-4-12(11(7-9)14(15)16-19)17-6-5-13(18)10(2)8-17/h3-4,7,10,13,18-19H,5-6,8H2,1-2H3,(H2,15,16). The molecule has 1 aromatic carbocycles. The van der Waals surface area contributed by atoms with Crippen LogP contribution in [0.1, 0.15) is 24.5 Å². The number of nitrogens with zero attached hydrogens (tertiary/aromatic N) is 2. The molecule has 5 nitrogen and oxygen atoms in total. The lowest BCUT2D eigenvalue weighted by atomic mass is 9.95. The Morgan fingerprint density at radius 3 is 2.84 bits per heavy atom. The highest BCUT2D eigenvalue weighted by molar-refractivity contribution is 6.02. The fourth-order valence-corrected chi connectivity index (χ4v) is 2.54. The maximum atomic E-state index is 9.80. The summed E-state index contributed by atoms with van der Waals surface area (Å²) in [5, 5.41) is 21.8. The lowest BCUT2D eigenvalue weighted by Crippen LogP contribution is -2.42. The van der Waals surface area contributed by atoms with Crippen molar-refractivity contribution in [2.45, 2.75) is 26.4 Å². The average molecular weight is 263 g/mol. The van der Waals surface area contributed by atoms with Crippen molar-refractivity contribution in [2.24, 2.45) is 16.8 Å². The summed E-state index contributed by atoms with van der Waals surface area (Å²) in [4.78, 5) is 2.18. The second-order valence-corrected chi connectivity index (χ2v) is 5.29. The van der Waals surface area contributed by atoms with Gasteiger partial charge in [-0.3, -0.25) is 0 Å².